The van der Waals surface area contributed by atoms with Crippen molar-refractivity contribution in [3.63, 3.8) is 0 Å². The van der Waals surface area contributed by atoms with Crippen molar-refractivity contribution in [3.05, 3.63) is 104 Å². The van der Waals surface area contributed by atoms with Crippen LogP contribution in [0, 0.1) is 21.7 Å². The highest BCUT2D eigenvalue weighted by Crippen LogP contribution is 2.38. The van der Waals surface area contributed by atoms with Crippen molar-refractivity contribution in [2.45, 2.75) is 6.04 Å². The molecular weight excluding hydrogens is 444 g/mol. The largest absolute Gasteiger partial charge is 0.324 e. The smallest absolute Gasteiger partial charge is 0.282 e. The highest BCUT2D eigenvalue weighted by atomic mass is 35.5. The van der Waals surface area contributed by atoms with E-state index in [4.69, 9.17) is 11.6 Å². The van der Waals surface area contributed by atoms with Crippen LogP contribution < -0.4 is 5.32 Å². The zero-order valence-corrected chi connectivity index (χ0v) is 17.0. The summed E-state index contributed by atoms with van der Waals surface area (Å²) in [6.07, 6.45) is 0. The maximum Gasteiger partial charge on any atom is 0.282 e. The Morgan fingerprint density at radius 1 is 1.06 bits per heavy atom. The molecule has 0 radical (unpaired) electrons. The van der Waals surface area contributed by atoms with Gasteiger partial charge in [-0.25, -0.2) is 8.78 Å². The summed E-state index contributed by atoms with van der Waals surface area (Å²) in [6, 6.07) is 11.3. The summed E-state index contributed by atoms with van der Waals surface area (Å²) in [5, 5.41) is 14.2. The van der Waals surface area contributed by atoms with Crippen LogP contribution in [-0.2, 0) is 4.79 Å². The number of carbonyl (C=O) groups is 2. The van der Waals surface area contributed by atoms with E-state index in [1.165, 1.54) is 36.4 Å². The third-order valence-corrected chi connectivity index (χ3v) is 5.28. The Labute approximate surface area is 185 Å². The number of nitrogens with zero attached hydrogens (tertiary/aromatic N) is 2. The van der Waals surface area contributed by atoms with Gasteiger partial charge >= 0.3 is 0 Å². The van der Waals surface area contributed by atoms with E-state index < -0.39 is 46.6 Å². The van der Waals surface area contributed by atoms with Gasteiger partial charge in [-0.05, 0) is 48.0 Å². The predicted molar refractivity (Wildman–Crippen MR) is 112 cm³/mol. The maximum absolute atomic E-state index is 14.2. The van der Waals surface area contributed by atoms with Crippen LogP contribution in [0.5, 0.6) is 0 Å². The van der Waals surface area contributed by atoms with Crippen LogP contribution in [0.4, 0.5) is 20.2 Å². The molecule has 7 nitrogen and oxygen atoms in total. The fourth-order valence-corrected chi connectivity index (χ4v) is 3.84. The summed E-state index contributed by atoms with van der Waals surface area (Å²) in [6.45, 7) is -0.485. The van der Waals surface area contributed by atoms with Gasteiger partial charge in [-0.2, -0.15) is 0 Å². The Kier molecular flexibility index (Phi) is 5.58. The molecule has 2 amide bonds. The van der Waals surface area contributed by atoms with E-state index >= 15 is 0 Å². The molecule has 0 aromatic heterocycles. The Morgan fingerprint density at radius 3 is 2.44 bits per heavy atom. The van der Waals surface area contributed by atoms with Crippen molar-refractivity contribution in [1.82, 2.24) is 4.90 Å². The third-order valence-electron chi connectivity index (χ3n) is 5.04. The normalized spacial score (nSPS) is 15.5. The van der Waals surface area contributed by atoms with E-state index in [0.717, 1.165) is 29.2 Å². The molecule has 0 fully saturated rings. The first kappa shape index (κ1) is 21.4. The van der Waals surface area contributed by atoms with Gasteiger partial charge in [0.15, 0.2) is 0 Å². The van der Waals surface area contributed by atoms with Crippen molar-refractivity contribution in [3.8, 4) is 0 Å². The Balaban J connectivity index is 1.93. The second-order valence-corrected chi connectivity index (χ2v) is 7.52. The minimum atomic E-state index is -1.04. The first-order valence-corrected chi connectivity index (χ1v) is 9.72. The number of halogens is 3. The standard InChI is InChI=1S/C22H14ClF2N3O4/c23-13-3-8-19(28(31)32)17(9-13)22(30)27-11-20(29)26-18-7-6-15(25)10-16(18)21(27)12-1-4-14(24)5-2-12/h1-10,21H,11H2,(H,26,29)/t21-/m1/s1. The van der Waals surface area contributed by atoms with Crippen molar-refractivity contribution < 1.29 is 23.3 Å². The fraction of sp³-hybridized carbons (Fsp3) is 0.0909. The summed E-state index contributed by atoms with van der Waals surface area (Å²) in [5.41, 5.74) is 0.0542. The second kappa shape index (κ2) is 8.35. The SMILES string of the molecule is O=C1CN(C(=O)c2cc(Cl)ccc2[N+](=O)[O-])[C@H](c2ccc(F)cc2)c2cc(F)ccc2N1. The van der Waals surface area contributed by atoms with Crippen LogP contribution in [-0.4, -0.2) is 28.2 Å². The zero-order valence-electron chi connectivity index (χ0n) is 16.2. The fourth-order valence-electron chi connectivity index (χ4n) is 3.66. The lowest BCUT2D eigenvalue weighted by atomic mass is 9.95. The molecule has 1 aliphatic rings. The average Bonchev–Trinajstić information content (AvgIpc) is 2.89. The lowest BCUT2D eigenvalue weighted by molar-refractivity contribution is -0.385. The molecule has 1 atom stereocenters. The Bertz CT molecular complexity index is 1250. The molecule has 162 valence electrons. The lowest BCUT2D eigenvalue weighted by Gasteiger charge is -2.30. The van der Waals surface area contributed by atoms with Crippen LogP contribution in [0.3, 0.4) is 0 Å². The lowest BCUT2D eigenvalue weighted by Crippen LogP contribution is -2.39. The van der Waals surface area contributed by atoms with Gasteiger partial charge < -0.3 is 10.2 Å². The molecule has 32 heavy (non-hydrogen) atoms. The van der Waals surface area contributed by atoms with E-state index in [0.29, 0.717) is 5.56 Å². The molecule has 0 spiro atoms. The summed E-state index contributed by atoms with van der Waals surface area (Å²) in [7, 11) is 0. The van der Waals surface area contributed by atoms with E-state index in [1.54, 1.807) is 0 Å². The van der Waals surface area contributed by atoms with Gasteiger partial charge in [0.05, 0.1) is 11.0 Å². The second-order valence-electron chi connectivity index (χ2n) is 7.09. The Hall–Kier alpha value is -3.85. The quantitative estimate of drug-likeness (QED) is 0.455. The summed E-state index contributed by atoms with van der Waals surface area (Å²) < 4.78 is 27.7. The molecule has 0 saturated heterocycles. The highest BCUT2D eigenvalue weighted by molar-refractivity contribution is 6.31. The van der Waals surface area contributed by atoms with Gasteiger partial charge in [0.1, 0.15) is 23.7 Å². The number of nitro groups is 1. The monoisotopic (exact) mass is 457 g/mol. The van der Waals surface area contributed by atoms with Crippen LogP contribution in [0.15, 0.2) is 60.7 Å². The number of anilines is 1. The number of hydrogen-bond donors (Lipinski definition) is 1. The molecule has 0 bridgehead atoms. The topological polar surface area (TPSA) is 92.5 Å². The molecule has 1 aliphatic heterocycles. The number of amides is 2. The molecule has 1 N–H and O–H groups in total. The molecule has 3 aromatic rings. The molecule has 1 heterocycles. The molecule has 4 rings (SSSR count). The minimum absolute atomic E-state index is 0.0861. The van der Waals surface area contributed by atoms with Gasteiger partial charge in [0.25, 0.3) is 11.6 Å². The van der Waals surface area contributed by atoms with Gasteiger partial charge in [-0.3, -0.25) is 19.7 Å². The first-order chi connectivity index (χ1) is 15.2. The van der Waals surface area contributed by atoms with E-state index in [1.807, 2.05) is 0 Å². The molecule has 0 unspecified atom stereocenters. The van der Waals surface area contributed by atoms with Crippen LogP contribution in [0.2, 0.25) is 5.02 Å². The zero-order chi connectivity index (χ0) is 23.0. The first-order valence-electron chi connectivity index (χ1n) is 9.34. The maximum atomic E-state index is 14.2. The third kappa shape index (κ3) is 4.02. The molecule has 0 aliphatic carbocycles. The van der Waals surface area contributed by atoms with Crippen molar-refractivity contribution in [2.75, 3.05) is 11.9 Å². The summed E-state index contributed by atoms with van der Waals surface area (Å²) in [5.74, 6) is -2.59. The minimum Gasteiger partial charge on any atom is -0.324 e. The van der Waals surface area contributed by atoms with E-state index in [2.05, 4.69) is 5.32 Å². The van der Waals surface area contributed by atoms with Crippen molar-refractivity contribution >= 4 is 34.8 Å². The van der Waals surface area contributed by atoms with Crippen LogP contribution in [0.25, 0.3) is 0 Å². The number of carbonyl (C=O) groups excluding carboxylic acids is 2. The van der Waals surface area contributed by atoms with Gasteiger partial charge in [0.2, 0.25) is 5.91 Å². The van der Waals surface area contributed by atoms with Gasteiger partial charge in [-0.1, -0.05) is 23.7 Å². The van der Waals surface area contributed by atoms with E-state index in [9.17, 15) is 28.5 Å². The van der Waals surface area contributed by atoms with Gasteiger partial charge in [0, 0.05) is 22.3 Å². The average molecular weight is 458 g/mol. The van der Waals surface area contributed by atoms with Gasteiger partial charge in [-0.15, -0.1) is 0 Å². The van der Waals surface area contributed by atoms with Crippen molar-refractivity contribution in [1.29, 1.82) is 0 Å². The molecule has 0 saturated carbocycles. The number of nitrogens with one attached hydrogen (secondary N) is 1. The van der Waals surface area contributed by atoms with E-state index in [-0.39, 0.29) is 21.8 Å². The number of nitro benzene ring substituents is 1. The number of benzene rings is 3. The van der Waals surface area contributed by atoms with Crippen LogP contribution >= 0.6 is 11.6 Å². The highest BCUT2D eigenvalue weighted by Gasteiger charge is 2.36. The van der Waals surface area contributed by atoms with Crippen molar-refractivity contribution in [2.24, 2.45) is 0 Å². The Morgan fingerprint density at radius 2 is 1.75 bits per heavy atom. The summed E-state index contributed by atoms with van der Waals surface area (Å²) in [4.78, 5) is 38.0. The molecular formula is C22H14ClF2N3O4. The molecule has 10 heteroatoms. The predicted octanol–water partition coefficient (Wildman–Crippen LogP) is 4.71. The van der Waals surface area contributed by atoms with Crippen LogP contribution in [0.1, 0.15) is 27.5 Å². The number of hydrogen-bond acceptors (Lipinski definition) is 4. The number of rotatable bonds is 3. The molecule has 3 aromatic carbocycles. The summed E-state index contributed by atoms with van der Waals surface area (Å²) >= 11 is 5.97. The number of fused-ring (bicyclic) bond motifs is 1.